The third-order valence-electron chi connectivity index (χ3n) is 2.28. The maximum atomic E-state index is 13.7. The van der Waals surface area contributed by atoms with Gasteiger partial charge >= 0.3 is 0 Å². The summed E-state index contributed by atoms with van der Waals surface area (Å²) in [5.74, 6) is -0.791. The number of aromatic nitrogens is 2. The molecule has 1 N–H and O–H groups in total. The molecule has 1 aromatic carbocycles. The van der Waals surface area contributed by atoms with Gasteiger partial charge in [0.25, 0.3) is 5.91 Å². The molecule has 1 aromatic heterocycles. The van der Waals surface area contributed by atoms with Gasteiger partial charge in [0.15, 0.2) is 5.82 Å². The first-order valence-electron chi connectivity index (χ1n) is 5.22. The molecule has 0 aliphatic carbocycles. The molecule has 0 fully saturated rings. The Labute approximate surface area is 113 Å². The van der Waals surface area contributed by atoms with Gasteiger partial charge < -0.3 is 10.1 Å². The van der Waals surface area contributed by atoms with Gasteiger partial charge in [0, 0.05) is 6.07 Å². The molecule has 0 bridgehead atoms. The highest BCUT2D eigenvalue weighted by Crippen LogP contribution is 2.17. The Bertz CT molecular complexity index is 604. The molecular weight excluding hydrogens is 273 g/mol. The number of hydrogen-bond acceptors (Lipinski definition) is 4. The molecule has 98 valence electrons. The van der Waals surface area contributed by atoms with Crippen LogP contribution in [0.2, 0.25) is 5.15 Å². The first-order valence-corrected chi connectivity index (χ1v) is 5.60. The summed E-state index contributed by atoms with van der Waals surface area (Å²) in [6.45, 7) is 0. The van der Waals surface area contributed by atoms with E-state index in [4.69, 9.17) is 16.3 Å². The molecule has 2 aromatic rings. The van der Waals surface area contributed by atoms with Gasteiger partial charge in [-0.25, -0.2) is 14.4 Å². The predicted octanol–water partition coefficient (Wildman–Crippen LogP) is 2.53. The summed E-state index contributed by atoms with van der Waals surface area (Å²) in [6.07, 6.45) is 2.56. The highest BCUT2D eigenvalue weighted by atomic mass is 35.5. The lowest BCUT2D eigenvalue weighted by atomic mass is 10.2. The molecule has 5 nitrogen and oxygen atoms in total. The van der Waals surface area contributed by atoms with Crippen LogP contribution in [-0.4, -0.2) is 23.0 Å². The van der Waals surface area contributed by atoms with E-state index in [0.29, 0.717) is 5.75 Å². The summed E-state index contributed by atoms with van der Waals surface area (Å²) in [7, 11) is 1.41. The molecule has 1 amide bonds. The lowest BCUT2D eigenvalue weighted by Crippen LogP contribution is -2.14. The molecule has 0 aliphatic heterocycles. The zero-order valence-electron chi connectivity index (χ0n) is 9.85. The molecule has 1 heterocycles. The number of carbonyl (C=O) groups is 1. The summed E-state index contributed by atoms with van der Waals surface area (Å²) in [4.78, 5) is 19.4. The number of nitrogens with zero attached hydrogens (tertiary/aromatic N) is 2. The quantitative estimate of drug-likeness (QED) is 0.939. The number of rotatable bonds is 3. The van der Waals surface area contributed by atoms with Gasteiger partial charge in [-0.3, -0.25) is 4.79 Å². The van der Waals surface area contributed by atoms with Gasteiger partial charge in [0.05, 0.1) is 25.1 Å². The van der Waals surface area contributed by atoms with Gasteiger partial charge in [-0.2, -0.15) is 0 Å². The summed E-state index contributed by atoms with van der Waals surface area (Å²) < 4.78 is 18.5. The summed E-state index contributed by atoms with van der Waals surface area (Å²) in [5, 5.41) is 2.61. The molecule has 0 atom stereocenters. The molecular formula is C12H9ClFN3O2. The smallest absolute Gasteiger partial charge is 0.259 e. The Kier molecular flexibility index (Phi) is 3.91. The molecule has 0 aliphatic rings. The van der Waals surface area contributed by atoms with E-state index in [2.05, 4.69) is 15.3 Å². The largest absolute Gasteiger partial charge is 0.497 e. The first kappa shape index (κ1) is 13.2. The monoisotopic (exact) mass is 281 g/mol. The van der Waals surface area contributed by atoms with E-state index in [0.717, 1.165) is 6.07 Å². The molecule has 0 spiro atoms. The molecule has 7 heteroatoms. The van der Waals surface area contributed by atoms with Crippen LogP contribution in [0.5, 0.6) is 5.75 Å². The second-order valence-electron chi connectivity index (χ2n) is 3.52. The van der Waals surface area contributed by atoms with Crippen molar-refractivity contribution in [1.82, 2.24) is 9.97 Å². The molecule has 0 unspecified atom stereocenters. The van der Waals surface area contributed by atoms with Crippen molar-refractivity contribution in [2.45, 2.75) is 0 Å². The summed E-state index contributed by atoms with van der Waals surface area (Å²) in [5.41, 5.74) is -0.113. The van der Waals surface area contributed by atoms with Crippen LogP contribution >= 0.6 is 11.6 Å². The summed E-state index contributed by atoms with van der Waals surface area (Å²) in [6, 6.07) is 3.95. The predicted molar refractivity (Wildman–Crippen MR) is 67.9 cm³/mol. The van der Waals surface area contributed by atoms with E-state index >= 15 is 0 Å². The van der Waals surface area contributed by atoms with Crippen molar-refractivity contribution in [3.8, 4) is 5.75 Å². The number of benzene rings is 1. The maximum Gasteiger partial charge on any atom is 0.259 e. The molecule has 0 saturated heterocycles. The second kappa shape index (κ2) is 5.62. The van der Waals surface area contributed by atoms with Gasteiger partial charge in [-0.05, 0) is 12.1 Å². The number of halogens is 2. The Morgan fingerprint density at radius 3 is 2.74 bits per heavy atom. The lowest BCUT2D eigenvalue weighted by molar-refractivity contribution is 0.102. The van der Waals surface area contributed by atoms with Crippen molar-refractivity contribution < 1.29 is 13.9 Å². The SMILES string of the molecule is COc1ccc(C(=O)Nc2cnc(Cl)cn2)c(F)c1. The van der Waals surface area contributed by atoms with E-state index in [1.54, 1.807) is 0 Å². The highest BCUT2D eigenvalue weighted by Gasteiger charge is 2.13. The van der Waals surface area contributed by atoms with Crippen molar-refractivity contribution in [3.63, 3.8) is 0 Å². The second-order valence-corrected chi connectivity index (χ2v) is 3.91. The average Bonchev–Trinajstić information content (AvgIpc) is 2.41. The molecule has 0 radical (unpaired) electrons. The number of anilines is 1. The van der Waals surface area contributed by atoms with Crippen molar-refractivity contribution in [2.24, 2.45) is 0 Å². The first-order chi connectivity index (χ1) is 9.10. The van der Waals surface area contributed by atoms with Crippen molar-refractivity contribution >= 4 is 23.3 Å². The number of hydrogen-bond donors (Lipinski definition) is 1. The Morgan fingerprint density at radius 2 is 2.16 bits per heavy atom. The van der Waals surface area contributed by atoms with Gasteiger partial charge in [0.1, 0.15) is 16.7 Å². The molecule has 19 heavy (non-hydrogen) atoms. The van der Waals surface area contributed by atoms with Crippen molar-refractivity contribution in [3.05, 3.63) is 47.1 Å². The number of methoxy groups -OCH3 is 1. The Morgan fingerprint density at radius 1 is 1.37 bits per heavy atom. The van der Waals surface area contributed by atoms with Crippen LogP contribution in [0.15, 0.2) is 30.6 Å². The lowest BCUT2D eigenvalue weighted by Gasteiger charge is -2.06. The fourth-order valence-corrected chi connectivity index (χ4v) is 1.47. The van der Waals surface area contributed by atoms with E-state index in [1.165, 1.54) is 31.6 Å². The van der Waals surface area contributed by atoms with Crippen LogP contribution in [0.3, 0.4) is 0 Å². The Balaban J connectivity index is 2.18. The zero-order chi connectivity index (χ0) is 13.8. The number of carbonyl (C=O) groups excluding carboxylic acids is 1. The number of nitrogens with one attached hydrogen (secondary N) is 1. The average molecular weight is 282 g/mol. The van der Waals surface area contributed by atoms with E-state index in [-0.39, 0.29) is 16.5 Å². The zero-order valence-corrected chi connectivity index (χ0v) is 10.6. The van der Waals surface area contributed by atoms with Crippen LogP contribution in [0.1, 0.15) is 10.4 Å². The van der Waals surface area contributed by atoms with Crippen molar-refractivity contribution in [1.29, 1.82) is 0 Å². The number of amides is 1. The van der Waals surface area contributed by atoms with Crippen LogP contribution in [-0.2, 0) is 0 Å². The van der Waals surface area contributed by atoms with Gasteiger partial charge in [-0.1, -0.05) is 11.6 Å². The van der Waals surface area contributed by atoms with E-state index in [1.807, 2.05) is 0 Å². The van der Waals surface area contributed by atoms with Crippen molar-refractivity contribution in [2.75, 3.05) is 12.4 Å². The minimum absolute atomic E-state index is 0.113. The van der Waals surface area contributed by atoms with Crippen LogP contribution in [0.4, 0.5) is 10.2 Å². The van der Waals surface area contributed by atoms with Crippen LogP contribution in [0, 0.1) is 5.82 Å². The van der Waals surface area contributed by atoms with Crippen LogP contribution in [0.25, 0.3) is 0 Å². The third-order valence-corrected chi connectivity index (χ3v) is 2.48. The Hall–Kier alpha value is -2.21. The van der Waals surface area contributed by atoms with Gasteiger partial charge in [-0.15, -0.1) is 0 Å². The molecule has 2 rings (SSSR count). The number of ether oxygens (including phenoxy) is 1. The fourth-order valence-electron chi connectivity index (χ4n) is 1.37. The third kappa shape index (κ3) is 3.17. The minimum Gasteiger partial charge on any atom is -0.497 e. The standard InChI is InChI=1S/C12H9ClFN3O2/c1-19-7-2-3-8(9(14)4-7)12(18)17-11-6-15-10(13)5-16-11/h2-6H,1H3,(H,16,17,18). The topological polar surface area (TPSA) is 64.1 Å². The fraction of sp³-hybridized carbons (Fsp3) is 0.0833. The summed E-state index contributed by atoms with van der Waals surface area (Å²) >= 11 is 5.56. The van der Waals surface area contributed by atoms with Gasteiger partial charge in [0.2, 0.25) is 0 Å². The minimum atomic E-state index is -0.682. The molecule has 0 saturated carbocycles. The highest BCUT2D eigenvalue weighted by molar-refractivity contribution is 6.29. The normalized spacial score (nSPS) is 10.1. The van der Waals surface area contributed by atoms with Crippen LogP contribution < -0.4 is 10.1 Å². The van der Waals surface area contributed by atoms with E-state index in [9.17, 15) is 9.18 Å². The maximum absolute atomic E-state index is 13.7. The van der Waals surface area contributed by atoms with E-state index < -0.39 is 11.7 Å².